The summed E-state index contributed by atoms with van der Waals surface area (Å²) in [5, 5.41) is -2.20. The summed E-state index contributed by atoms with van der Waals surface area (Å²) in [5.41, 5.74) is 2.24. The van der Waals surface area contributed by atoms with Crippen LogP contribution in [-0.2, 0) is 21.2 Å². The highest BCUT2D eigenvalue weighted by molar-refractivity contribution is 7.91. The number of amides is 1. The lowest BCUT2D eigenvalue weighted by Crippen LogP contribution is -2.59. The number of para-hydroxylation sites is 1. The van der Waals surface area contributed by atoms with E-state index in [1.54, 1.807) is 17.0 Å². The number of hydrogen-bond donors (Lipinski definition) is 1. The third kappa shape index (κ3) is 4.24. The second-order valence-corrected chi connectivity index (χ2v) is 11.0. The first-order chi connectivity index (χ1) is 15.8. The smallest absolute Gasteiger partial charge is 0.247 e. The Bertz CT molecular complexity index is 1180. The maximum absolute atomic E-state index is 14.5. The Hall–Kier alpha value is -2.52. The fourth-order valence-electron chi connectivity index (χ4n) is 4.80. The van der Waals surface area contributed by atoms with Crippen molar-refractivity contribution in [2.75, 3.05) is 13.2 Å². The number of piperidine rings is 1. The number of carbonyl (C=O) groups is 1. The first kappa shape index (κ1) is 22.3. The molecule has 6 nitrogen and oxygen atoms in total. The molecule has 1 saturated carbocycles. The normalized spacial score (nSPS) is 24.5. The molecule has 0 unspecified atom stereocenters. The Morgan fingerprint density at radius 3 is 2.73 bits per heavy atom. The molecule has 2 atom stereocenters. The number of alkyl halides is 1. The van der Waals surface area contributed by atoms with Crippen LogP contribution in [0.3, 0.4) is 0 Å². The average molecular weight is 477 g/mol. The molecule has 0 radical (unpaired) electrons. The Morgan fingerprint density at radius 1 is 1.15 bits per heavy atom. The van der Waals surface area contributed by atoms with Crippen molar-refractivity contribution >= 4 is 15.9 Å². The van der Waals surface area contributed by atoms with E-state index in [0.717, 1.165) is 11.1 Å². The first-order valence-corrected chi connectivity index (χ1v) is 12.8. The molecule has 9 heteroatoms. The van der Waals surface area contributed by atoms with Gasteiger partial charge in [0.2, 0.25) is 20.9 Å². The quantitative estimate of drug-likeness (QED) is 0.735. The highest BCUT2D eigenvalue weighted by atomic mass is 32.2. The zero-order chi connectivity index (χ0) is 23.2. The number of nitrogens with one attached hydrogen (secondary N) is 1. The minimum atomic E-state index is -4.14. The Balaban J connectivity index is 1.52. The second-order valence-electron chi connectivity index (χ2n) is 9.03. The standard InChI is InChI=1S/C24H26F2N2O4S/c25-19-7-2-6-18-17-5-1-4-16(14-17)15-21-20(27-33(30,31)24(26)10-11-24)8-3-12-28(21)22(29)9-13-32-23(18)19/h1-2,4-7,14,20-21,27H,3,8-13,15H2/t20-,21-/m1/s1. The zero-order valence-electron chi connectivity index (χ0n) is 18.1. The summed E-state index contributed by atoms with van der Waals surface area (Å²) in [6.07, 6.45) is 1.55. The summed E-state index contributed by atoms with van der Waals surface area (Å²) in [6.45, 7) is 0.479. The van der Waals surface area contributed by atoms with E-state index in [1.807, 2.05) is 24.3 Å². The molecule has 1 amide bonds. The van der Waals surface area contributed by atoms with Gasteiger partial charge in [0.15, 0.2) is 11.6 Å². The first-order valence-electron chi connectivity index (χ1n) is 11.3. The third-order valence-electron chi connectivity index (χ3n) is 6.74. The molecular formula is C24H26F2N2O4S. The van der Waals surface area contributed by atoms with E-state index in [4.69, 9.17) is 4.74 Å². The summed E-state index contributed by atoms with van der Waals surface area (Å²) in [6, 6.07) is 11.2. The van der Waals surface area contributed by atoms with Gasteiger partial charge in [-0.3, -0.25) is 4.79 Å². The second kappa shape index (κ2) is 8.36. The van der Waals surface area contributed by atoms with Crippen LogP contribution in [0.5, 0.6) is 5.75 Å². The highest BCUT2D eigenvalue weighted by Crippen LogP contribution is 2.45. The molecule has 2 fully saturated rings. The van der Waals surface area contributed by atoms with Gasteiger partial charge in [-0.25, -0.2) is 21.9 Å². The van der Waals surface area contributed by atoms with Gasteiger partial charge in [0, 0.05) is 31.0 Å². The average Bonchev–Trinajstić information content (AvgIpc) is 3.54. The van der Waals surface area contributed by atoms with Crippen molar-refractivity contribution < 1.29 is 26.7 Å². The van der Waals surface area contributed by atoms with Crippen molar-refractivity contribution in [3.8, 4) is 16.9 Å². The number of rotatable bonds is 3. The Labute approximate surface area is 192 Å². The van der Waals surface area contributed by atoms with Crippen molar-refractivity contribution in [2.45, 2.75) is 55.6 Å². The number of fused-ring (bicyclic) bond motifs is 5. The molecule has 1 aliphatic carbocycles. The number of hydrogen-bond acceptors (Lipinski definition) is 4. The lowest BCUT2D eigenvalue weighted by atomic mass is 9.90. The van der Waals surface area contributed by atoms with Crippen LogP contribution >= 0.6 is 0 Å². The van der Waals surface area contributed by atoms with Crippen molar-refractivity contribution in [1.82, 2.24) is 9.62 Å². The van der Waals surface area contributed by atoms with Gasteiger partial charge in [0.25, 0.3) is 0 Å². The lowest BCUT2D eigenvalue weighted by molar-refractivity contribution is -0.136. The van der Waals surface area contributed by atoms with Gasteiger partial charge in [-0.1, -0.05) is 36.4 Å². The van der Waals surface area contributed by atoms with E-state index in [-0.39, 0.29) is 37.5 Å². The highest BCUT2D eigenvalue weighted by Gasteiger charge is 2.57. The number of sulfonamides is 1. The van der Waals surface area contributed by atoms with E-state index < -0.39 is 32.9 Å². The molecule has 2 aromatic rings. The molecule has 2 aromatic carbocycles. The van der Waals surface area contributed by atoms with Crippen LogP contribution < -0.4 is 9.46 Å². The minimum absolute atomic E-state index is 0.000335. The molecular weight excluding hydrogens is 450 g/mol. The zero-order valence-corrected chi connectivity index (χ0v) is 18.9. The summed E-state index contributed by atoms with van der Waals surface area (Å²) in [4.78, 5) is 14.8. The molecule has 2 bridgehead atoms. The summed E-state index contributed by atoms with van der Waals surface area (Å²) in [7, 11) is -4.14. The number of ether oxygens (including phenoxy) is 1. The number of nitrogens with zero attached hydrogens (tertiary/aromatic N) is 1. The van der Waals surface area contributed by atoms with Gasteiger partial charge in [-0.2, -0.15) is 0 Å². The molecule has 2 aliphatic heterocycles. The SMILES string of the molecule is O=C1CCOc2c(F)cccc2-c2cccc(c2)C[C@@H]2[C@H](NS(=O)(=O)C3(F)CC3)CCCN12. The molecule has 5 rings (SSSR count). The maximum Gasteiger partial charge on any atom is 0.247 e. The van der Waals surface area contributed by atoms with Gasteiger partial charge < -0.3 is 9.64 Å². The predicted molar refractivity (Wildman–Crippen MR) is 119 cm³/mol. The van der Waals surface area contributed by atoms with Crippen LogP contribution in [0.25, 0.3) is 11.1 Å². The molecule has 0 spiro atoms. The largest absolute Gasteiger partial charge is 0.489 e. The van der Waals surface area contributed by atoms with Crippen LogP contribution in [0.2, 0.25) is 0 Å². The predicted octanol–water partition coefficient (Wildman–Crippen LogP) is 3.56. The Morgan fingerprint density at radius 2 is 1.94 bits per heavy atom. The van der Waals surface area contributed by atoms with Gasteiger partial charge in [0.05, 0.1) is 19.1 Å². The number of halogens is 2. The van der Waals surface area contributed by atoms with Gasteiger partial charge in [0.1, 0.15) is 0 Å². The van der Waals surface area contributed by atoms with Crippen molar-refractivity contribution in [3.05, 3.63) is 53.8 Å². The van der Waals surface area contributed by atoms with Crippen LogP contribution in [0.15, 0.2) is 42.5 Å². The van der Waals surface area contributed by atoms with Crippen LogP contribution in [0, 0.1) is 5.82 Å². The van der Waals surface area contributed by atoms with Gasteiger partial charge >= 0.3 is 0 Å². The molecule has 0 aromatic heterocycles. The minimum Gasteiger partial charge on any atom is -0.489 e. The monoisotopic (exact) mass is 476 g/mol. The fourth-order valence-corrected chi connectivity index (χ4v) is 6.33. The van der Waals surface area contributed by atoms with E-state index in [0.29, 0.717) is 31.4 Å². The summed E-state index contributed by atoms with van der Waals surface area (Å²) in [5.74, 6) is -0.575. The maximum atomic E-state index is 14.5. The number of carbonyl (C=O) groups excluding carboxylic acids is 1. The topological polar surface area (TPSA) is 75.7 Å². The van der Waals surface area contributed by atoms with E-state index in [9.17, 15) is 22.0 Å². The van der Waals surface area contributed by atoms with Crippen LogP contribution in [0.1, 0.15) is 37.7 Å². The van der Waals surface area contributed by atoms with Crippen LogP contribution in [-0.4, -0.2) is 49.5 Å². The van der Waals surface area contributed by atoms with Crippen molar-refractivity contribution in [1.29, 1.82) is 0 Å². The van der Waals surface area contributed by atoms with Gasteiger partial charge in [-0.15, -0.1) is 0 Å². The van der Waals surface area contributed by atoms with Crippen molar-refractivity contribution in [2.24, 2.45) is 0 Å². The van der Waals surface area contributed by atoms with Gasteiger partial charge in [-0.05, 0) is 36.5 Å². The van der Waals surface area contributed by atoms with E-state index >= 15 is 0 Å². The van der Waals surface area contributed by atoms with E-state index in [1.165, 1.54) is 6.07 Å². The lowest BCUT2D eigenvalue weighted by Gasteiger charge is -2.42. The summed E-state index contributed by atoms with van der Waals surface area (Å²) >= 11 is 0. The molecule has 1 N–H and O–H groups in total. The molecule has 2 heterocycles. The fraction of sp³-hybridized carbons (Fsp3) is 0.458. The molecule has 1 saturated heterocycles. The third-order valence-corrected chi connectivity index (χ3v) is 8.73. The molecule has 3 aliphatic rings. The van der Waals surface area contributed by atoms with Crippen molar-refractivity contribution in [3.63, 3.8) is 0 Å². The summed E-state index contributed by atoms with van der Waals surface area (Å²) < 4.78 is 62.5. The van der Waals surface area contributed by atoms with Crippen LogP contribution in [0.4, 0.5) is 8.78 Å². The molecule has 33 heavy (non-hydrogen) atoms. The molecule has 176 valence electrons. The van der Waals surface area contributed by atoms with E-state index in [2.05, 4.69) is 4.72 Å². The Kier molecular flexibility index (Phi) is 5.64. The number of benzene rings is 2.